The molecule has 0 bridgehead atoms. The van der Waals surface area contributed by atoms with Crippen LogP contribution in [0.15, 0.2) is 24.4 Å². The number of hydrogen-bond donors (Lipinski definition) is 1. The van der Waals surface area contributed by atoms with Crippen molar-refractivity contribution in [2.45, 2.75) is 6.42 Å². The Hall–Kier alpha value is -1.88. The van der Waals surface area contributed by atoms with E-state index in [2.05, 4.69) is 15.3 Å². The van der Waals surface area contributed by atoms with E-state index in [9.17, 15) is 0 Å². The van der Waals surface area contributed by atoms with Crippen molar-refractivity contribution in [1.82, 2.24) is 15.3 Å². The van der Waals surface area contributed by atoms with E-state index in [0.717, 1.165) is 36.3 Å². The van der Waals surface area contributed by atoms with Gasteiger partial charge in [0.15, 0.2) is 0 Å². The van der Waals surface area contributed by atoms with Crippen LogP contribution in [-0.2, 0) is 0 Å². The third-order valence-electron chi connectivity index (χ3n) is 3.36. The van der Waals surface area contributed by atoms with Crippen molar-refractivity contribution in [3.63, 3.8) is 0 Å². The average molecular weight is 259 g/mol. The van der Waals surface area contributed by atoms with E-state index < -0.39 is 0 Å². The third kappa shape index (κ3) is 2.76. The molecular weight excluding hydrogens is 242 g/mol. The maximum absolute atomic E-state index is 5.83. The molecular formula is C14H17N3O2. The number of nitrogens with zero attached hydrogens (tertiary/aromatic N) is 2. The first-order chi connectivity index (χ1) is 9.35. The molecule has 1 aromatic heterocycles. The highest BCUT2D eigenvalue weighted by Gasteiger charge is 2.14. The van der Waals surface area contributed by atoms with E-state index >= 15 is 0 Å². The Kier molecular flexibility index (Phi) is 3.46. The smallest absolute Gasteiger partial charge is 0.316 e. The molecule has 5 nitrogen and oxygen atoms in total. The second-order valence-electron chi connectivity index (χ2n) is 4.75. The van der Waals surface area contributed by atoms with Crippen molar-refractivity contribution in [2.24, 2.45) is 5.92 Å². The molecule has 1 atom stereocenters. The second-order valence-corrected chi connectivity index (χ2v) is 4.75. The molecule has 19 heavy (non-hydrogen) atoms. The Bertz CT molecular complexity index is 568. The van der Waals surface area contributed by atoms with Gasteiger partial charge >= 0.3 is 6.01 Å². The summed E-state index contributed by atoms with van der Waals surface area (Å²) < 4.78 is 10.8. The van der Waals surface area contributed by atoms with E-state index in [1.54, 1.807) is 13.3 Å². The zero-order valence-corrected chi connectivity index (χ0v) is 10.9. The van der Waals surface area contributed by atoms with Gasteiger partial charge < -0.3 is 14.8 Å². The summed E-state index contributed by atoms with van der Waals surface area (Å²) in [6.45, 7) is 2.91. The zero-order chi connectivity index (χ0) is 13.1. The number of ether oxygens (including phenoxy) is 2. The van der Waals surface area contributed by atoms with Gasteiger partial charge in [0.05, 0.1) is 19.2 Å². The number of methoxy groups -OCH3 is 1. The molecule has 0 aliphatic carbocycles. The quantitative estimate of drug-likeness (QED) is 0.904. The molecule has 2 heterocycles. The summed E-state index contributed by atoms with van der Waals surface area (Å²) >= 11 is 0. The average Bonchev–Trinajstić information content (AvgIpc) is 2.97. The minimum atomic E-state index is 0.387. The van der Waals surface area contributed by atoms with Gasteiger partial charge in [-0.05, 0) is 31.2 Å². The van der Waals surface area contributed by atoms with Crippen LogP contribution in [0.3, 0.4) is 0 Å². The fourth-order valence-corrected chi connectivity index (χ4v) is 2.25. The lowest BCUT2D eigenvalue weighted by Crippen LogP contribution is -2.15. The molecule has 3 rings (SSSR count). The minimum Gasteiger partial charge on any atom is -0.493 e. The van der Waals surface area contributed by atoms with Crippen molar-refractivity contribution < 1.29 is 9.47 Å². The molecule has 0 spiro atoms. The molecule has 1 saturated heterocycles. The first-order valence-electron chi connectivity index (χ1n) is 6.49. The normalized spacial score (nSPS) is 18.7. The highest BCUT2D eigenvalue weighted by molar-refractivity contribution is 5.79. The number of nitrogens with one attached hydrogen (secondary N) is 1. The van der Waals surface area contributed by atoms with E-state index in [4.69, 9.17) is 9.47 Å². The number of aromatic nitrogens is 2. The minimum absolute atomic E-state index is 0.387. The molecule has 0 radical (unpaired) electrons. The van der Waals surface area contributed by atoms with Crippen LogP contribution in [0.5, 0.6) is 11.8 Å². The highest BCUT2D eigenvalue weighted by Crippen LogP contribution is 2.21. The van der Waals surface area contributed by atoms with E-state index in [0.29, 0.717) is 11.9 Å². The van der Waals surface area contributed by atoms with Gasteiger partial charge in [-0.15, -0.1) is 0 Å². The molecule has 1 aliphatic heterocycles. The summed E-state index contributed by atoms with van der Waals surface area (Å²) in [5, 5.41) is 4.30. The molecule has 1 unspecified atom stereocenters. The molecule has 1 aromatic carbocycles. The molecule has 2 aromatic rings. The van der Waals surface area contributed by atoms with E-state index in [-0.39, 0.29) is 0 Å². The molecule has 100 valence electrons. The molecule has 0 saturated carbocycles. The molecule has 1 N–H and O–H groups in total. The van der Waals surface area contributed by atoms with Crippen LogP contribution in [0.2, 0.25) is 0 Å². The zero-order valence-electron chi connectivity index (χ0n) is 10.9. The lowest BCUT2D eigenvalue weighted by atomic mass is 10.1. The third-order valence-corrected chi connectivity index (χ3v) is 3.36. The molecule has 1 fully saturated rings. The predicted molar refractivity (Wildman–Crippen MR) is 72.6 cm³/mol. The Labute approximate surface area is 112 Å². The number of benzene rings is 1. The summed E-state index contributed by atoms with van der Waals surface area (Å²) in [6.07, 6.45) is 2.94. The maximum Gasteiger partial charge on any atom is 0.316 e. The van der Waals surface area contributed by atoms with Crippen LogP contribution < -0.4 is 14.8 Å². The van der Waals surface area contributed by atoms with Crippen molar-refractivity contribution in [1.29, 1.82) is 0 Å². The lowest BCUT2D eigenvalue weighted by molar-refractivity contribution is 0.260. The summed E-state index contributed by atoms with van der Waals surface area (Å²) in [5.41, 5.74) is 0.863. The van der Waals surface area contributed by atoms with Crippen molar-refractivity contribution in [3.05, 3.63) is 24.4 Å². The first kappa shape index (κ1) is 12.2. The van der Waals surface area contributed by atoms with Crippen LogP contribution >= 0.6 is 0 Å². The van der Waals surface area contributed by atoms with Crippen LogP contribution in [0.1, 0.15) is 6.42 Å². The van der Waals surface area contributed by atoms with Gasteiger partial charge in [-0.2, -0.15) is 4.98 Å². The van der Waals surface area contributed by atoms with Crippen molar-refractivity contribution >= 4 is 10.9 Å². The Morgan fingerprint density at radius 2 is 2.37 bits per heavy atom. The lowest BCUT2D eigenvalue weighted by Gasteiger charge is -2.11. The van der Waals surface area contributed by atoms with Crippen molar-refractivity contribution in [2.75, 3.05) is 26.8 Å². The summed E-state index contributed by atoms with van der Waals surface area (Å²) in [4.78, 5) is 8.38. The van der Waals surface area contributed by atoms with Gasteiger partial charge in [0.1, 0.15) is 5.75 Å². The Morgan fingerprint density at radius 3 is 3.16 bits per heavy atom. The van der Waals surface area contributed by atoms with Gasteiger partial charge in [0.25, 0.3) is 0 Å². The topological polar surface area (TPSA) is 56.3 Å². The standard InChI is InChI=1S/C14H17N3O2/c1-18-14-16-8-11-6-12(2-3-13(11)17-14)19-9-10-4-5-15-7-10/h2-3,6,8,10,15H,4-5,7,9H2,1H3. The van der Waals surface area contributed by atoms with Crippen LogP contribution in [0, 0.1) is 5.92 Å². The Morgan fingerprint density at radius 1 is 1.42 bits per heavy atom. The fraction of sp³-hybridized carbons (Fsp3) is 0.429. The molecule has 5 heteroatoms. The number of fused-ring (bicyclic) bond motifs is 1. The van der Waals surface area contributed by atoms with Crippen LogP contribution in [0.4, 0.5) is 0 Å². The van der Waals surface area contributed by atoms with Gasteiger partial charge in [0.2, 0.25) is 0 Å². The fourth-order valence-electron chi connectivity index (χ4n) is 2.25. The first-order valence-corrected chi connectivity index (χ1v) is 6.49. The maximum atomic E-state index is 5.83. The predicted octanol–water partition coefficient (Wildman–Crippen LogP) is 1.63. The SMILES string of the molecule is COc1ncc2cc(OCC3CCNC3)ccc2n1. The van der Waals surface area contributed by atoms with Gasteiger partial charge in [0, 0.05) is 24.0 Å². The van der Waals surface area contributed by atoms with Gasteiger partial charge in [-0.3, -0.25) is 0 Å². The van der Waals surface area contributed by atoms with Crippen LogP contribution in [-0.4, -0.2) is 36.8 Å². The Balaban J connectivity index is 1.73. The largest absolute Gasteiger partial charge is 0.493 e. The second kappa shape index (κ2) is 5.40. The summed E-state index contributed by atoms with van der Waals surface area (Å²) in [6, 6.07) is 6.23. The van der Waals surface area contributed by atoms with Crippen LogP contribution in [0.25, 0.3) is 10.9 Å². The summed E-state index contributed by atoms with van der Waals surface area (Å²) in [5.74, 6) is 1.48. The van der Waals surface area contributed by atoms with E-state index in [1.807, 2.05) is 18.2 Å². The van der Waals surface area contributed by atoms with Gasteiger partial charge in [-0.1, -0.05) is 0 Å². The highest BCUT2D eigenvalue weighted by atomic mass is 16.5. The number of hydrogen-bond acceptors (Lipinski definition) is 5. The number of rotatable bonds is 4. The molecule has 1 aliphatic rings. The van der Waals surface area contributed by atoms with E-state index in [1.165, 1.54) is 6.42 Å². The summed E-state index contributed by atoms with van der Waals surface area (Å²) in [7, 11) is 1.56. The van der Waals surface area contributed by atoms with Crippen molar-refractivity contribution in [3.8, 4) is 11.8 Å². The molecule has 0 amide bonds. The monoisotopic (exact) mass is 259 g/mol. The van der Waals surface area contributed by atoms with Gasteiger partial charge in [-0.25, -0.2) is 4.98 Å².